The van der Waals surface area contributed by atoms with Crippen molar-refractivity contribution in [3.8, 4) is 0 Å². The van der Waals surface area contributed by atoms with E-state index in [-0.39, 0.29) is 11.9 Å². The highest BCUT2D eigenvalue weighted by atomic mass is 32.1. The summed E-state index contributed by atoms with van der Waals surface area (Å²) in [6, 6.07) is 20.6. The summed E-state index contributed by atoms with van der Waals surface area (Å²) < 4.78 is 0. The number of carbonyl (C=O) groups is 1. The van der Waals surface area contributed by atoms with Gasteiger partial charge in [0.05, 0.1) is 6.04 Å². The van der Waals surface area contributed by atoms with Gasteiger partial charge in [-0.05, 0) is 24.5 Å². The predicted octanol–water partition coefficient (Wildman–Crippen LogP) is 3.93. The van der Waals surface area contributed by atoms with Gasteiger partial charge in [-0.15, -0.1) is 11.3 Å². The number of hydrogen-bond donors (Lipinski definition) is 0. The Morgan fingerprint density at radius 1 is 1.00 bits per heavy atom. The van der Waals surface area contributed by atoms with Crippen molar-refractivity contribution in [3.05, 3.63) is 83.4 Å². The number of nitrogens with zero attached hydrogens (tertiary/aromatic N) is 4. The number of carbonyl (C=O) groups excluding carboxylic acids is 1. The van der Waals surface area contributed by atoms with Crippen molar-refractivity contribution in [1.82, 2.24) is 14.8 Å². The van der Waals surface area contributed by atoms with Gasteiger partial charge >= 0.3 is 0 Å². The SMILES string of the molecule is C[C@H](C(=O)N(CCc1ccccc1)Cc1ccccc1)N1CCN(c2nccs2)CC1. The van der Waals surface area contributed by atoms with E-state index in [1.807, 2.05) is 40.7 Å². The maximum atomic E-state index is 13.5. The molecule has 0 saturated carbocycles. The molecule has 0 aliphatic carbocycles. The Balaban J connectivity index is 1.40. The van der Waals surface area contributed by atoms with E-state index in [4.69, 9.17) is 0 Å². The molecule has 1 fully saturated rings. The average molecular weight is 435 g/mol. The van der Waals surface area contributed by atoms with Crippen LogP contribution in [0, 0.1) is 0 Å². The average Bonchev–Trinajstić information content (AvgIpc) is 3.37. The summed E-state index contributed by atoms with van der Waals surface area (Å²) in [5, 5.41) is 3.09. The third-order valence-electron chi connectivity index (χ3n) is 5.95. The van der Waals surface area contributed by atoms with Crippen LogP contribution >= 0.6 is 11.3 Å². The van der Waals surface area contributed by atoms with Gasteiger partial charge in [-0.25, -0.2) is 4.98 Å². The lowest BCUT2D eigenvalue weighted by atomic mass is 10.1. The highest BCUT2D eigenvalue weighted by Gasteiger charge is 2.29. The van der Waals surface area contributed by atoms with Crippen molar-refractivity contribution in [2.75, 3.05) is 37.6 Å². The standard InChI is InChI=1S/C25H30N4OS/c1-21(27-15-17-28(18-16-27)25-26-13-19-31-25)24(30)29(20-23-10-6-3-7-11-23)14-12-22-8-4-2-5-9-22/h2-11,13,19,21H,12,14-18,20H2,1H3/t21-/m1/s1. The van der Waals surface area contributed by atoms with Gasteiger partial charge in [0.25, 0.3) is 0 Å². The quantitative estimate of drug-likeness (QED) is 0.539. The molecule has 2 heterocycles. The Bertz CT molecular complexity index is 925. The maximum absolute atomic E-state index is 13.5. The molecule has 0 radical (unpaired) electrons. The van der Waals surface area contributed by atoms with Gasteiger partial charge in [0, 0.05) is 50.8 Å². The number of thiazole rings is 1. The summed E-state index contributed by atoms with van der Waals surface area (Å²) in [5.74, 6) is 0.211. The van der Waals surface area contributed by atoms with Crippen LogP contribution in [0.15, 0.2) is 72.2 Å². The van der Waals surface area contributed by atoms with E-state index < -0.39 is 0 Å². The van der Waals surface area contributed by atoms with Crippen molar-refractivity contribution in [1.29, 1.82) is 0 Å². The molecule has 3 aromatic rings. The molecule has 31 heavy (non-hydrogen) atoms. The normalized spacial score (nSPS) is 15.6. The molecule has 1 aliphatic heterocycles. The number of aromatic nitrogens is 1. The first-order valence-corrected chi connectivity index (χ1v) is 11.8. The summed E-state index contributed by atoms with van der Waals surface area (Å²) >= 11 is 1.68. The molecule has 0 bridgehead atoms. The largest absolute Gasteiger partial charge is 0.346 e. The van der Waals surface area contributed by atoms with Crippen LogP contribution in [-0.2, 0) is 17.8 Å². The van der Waals surface area contributed by atoms with Crippen molar-refractivity contribution in [3.63, 3.8) is 0 Å². The summed E-state index contributed by atoms with van der Waals surface area (Å²) in [6.07, 6.45) is 2.72. The van der Waals surface area contributed by atoms with E-state index >= 15 is 0 Å². The molecule has 1 saturated heterocycles. The van der Waals surface area contributed by atoms with Crippen LogP contribution in [0.25, 0.3) is 0 Å². The molecular formula is C25H30N4OS. The summed E-state index contributed by atoms with van der Waals surface area (Å²) in [5.41, 5.74) is 2.43. The second-order valence-corrected chi connectivity index (χ2v) is 8.87. The zero-order valence-electron chi connectivity index (χ0n) is 18.1. The van der Waals surface area contributed by atoms with Crippen molar-refractivity contribution in [2.45, 2.75) is 25.9 Å². The topological polar surface area (TPSA) is 39.7 Å². The van der Waals surface area contributed by atoms with Crippen LogP contribution in [0.2, 0.25) is 0 Å². The molecule has 6 heteroatoms. The van der Waals surface area contributed by atoms with E-state index in [0.717, 1.165) is 44.3 Å². The fourth-order valence-electron chi connectivity index (χ4n) is 4.07. The molecule has 0 spiro atoms. The molecule has 4 rings (SSSR count). The smallest absolute Gasteiger partial charge is 0.239 e. The lowest BCUT2D eigenvalue weighted by molar-refractivity contribution is -0.137. The van der Waals surface area contributed by atoms with Crippen LogP contribution in [0.1, 0.15) is 18.1 Å². The van der Waals surface area contributed by atoms with Crippen molar-refractivity contribution >= 4 is 22.4 Å². The zero-order valence-corrected chi connectivity index (χ0v) is 18.9. The Hall–Kier alpha value is -2.70. The molecule has 1 amide bonds. The second kappa shape index (κ2) is 10.6. The van der Waals surface area contributed by atoms with Gasteiger partial charge in [0.15, 0.2) is 5.13 Å². The Kier molecular flexibility index (Phi) is 7.33. The third-order valence-corrected chi connectivity index (χ3v) is 6.78. The first kappa shape index (κ1) is 21.5. The van der Waals surface area contributed by atoms with Crippen LogP contribution < -0.4 is 4.90 Å². The summed E-state index contributed by atoms with van der Waals surface area (Å²) in [7, 11) is 0. The molecule has 2 aromatic carbocycles. The second-order valence-electron chi connectivity index (χ2n) is 7.99. The van der Waals surface area contributed by atoms with E-state index in [1.165, 1.54) is 11.1 Å². The Morgan fingerprint density at radius 3 is 2.26 bits per heavy atom. The maximum Gasteiger partial charge on any atom is 0.239 e. The van der Waals surface area contributed by atoms with Gasteiger partial charge in [-0.2, -0.15) is 0 Å². The highest BCUT2D eigenvalue weighted by molar-refractivity contribution is 7.13. The summed E-state index contributed by atoms with van der Waals surface area (Å²) in [4.78, 5) is 24.6. The number of hydrogen-bond acceptors (Lipinski definition) is 5. The molecule has 5 nitrogen and oxygen atoms in total. The minimum atomic E-state index is -0.127. The predicted molar refractivity (Wildman–Crippen MR) is 127 cm³/mol. The van der Waals surface area contributed by atoms with Crippen LogP contribution in [-0.4, -0.2) is 59.5 Å². The molecule has 1 atom stereocenters. The van der Waals surface area contributed by atoms with Gasteiger partial charge < -0.3 is 9.80 Å². The molecule has 1 aromatic heterocycles. The number of benzene rings is 2. The first-order valence-electron chi connectivity index (χ1n) is 11.0. The van der Waals surface area contributed by atoms with Crippen LogP contribution in [0.4, 0.5) is 5.13 Å². The van der Waals surface area contributed by atoms with Gasteiger partial charge in [0.1, 0.15) is 0 Å². The number of rotatable bonds is 8. The number of anilines is 1. The minimum absolute atomic E-state index is 0.127. The van der Waals surface area contributed by atoms with E-state index in [0.29, 0.717) is 6.54 Å². The summed E-state index contributed by atoms with van der Waals surface area (Å²) in [6.45, 7) is 7.01. The Labute approximate surface area is 188 Å². The highest BCUT2D eigenvalue weighted by Crippen LogP contribution is 2.20. The Morgan fingerprint density at radius 2 is 1.65 bits per heavy atom. The zero-order chi connectivity index (χ0) is 21.5. The molecule has 162 valence electrons. The number of piperazine rings is 1. The molecule has 0 N–H and O–H groups in total. The van der Waals surface area contributed by atoms with Gasteiger partial charge in [0.2, 0.25) is 5.91 Å². The molecular weight excluding hydrogens is 404 g/mol. The van der Waals surface area contributed by atoms with E-state index in [2.05, 4.69) is 58.1 Å². The monoisotopic (exact) mass is 434 g/mol. The molecule has 0 unspecified atom stereocenters. The van der Waals surface area contributed by atoms with Gasteiger partial charge in [-0.3, -0.25) is 9.69 Å². The lowest BCUT2D eigenvalue weighted by Gasteiger charge is -2.39. The molecule has 1 aliphatic rings. The lowest BCUT2D eigenvalue weighted by Crippen LogP contribution is -2.54. The van der Waals surface area contributed by atoms with E-state index in [9.17, 15) is 4.79 Å². The van der Waals surface area contributed by atoms with Crippen LogP contribution in [0.3, 0.4) is 0 Å². The van der Waals surface area contributed by atoms with Gasteiger partial charge in [-0.1, -0.05) is 60.7 Å². The van der Waals surface area contributed by atoms with Crippen molar-refractivity contribution in [2.24, 2.45) is 0 Å². The minimum Gasteiger partial charge on any atom is -0.346 e. The van der Waals surface area contributed by atoms with Crippen LogP contribution in [0.5, 0.6) is 0 Å². The third kappa shape index (κ3) is 5.71. The fraction of sp³-hybridized carbons (Fsp3) is 0.360. The first-order chi connectivity index (χ1) is 15.2. The fourth-order valence-corrected chi connectivity index (χ4v) is 4.77. The van der Waals surface area contributed by atoms with E-state index in [1.54, 1.807) is 11.3 Å². The number of amides is 1. The van der Waals surface area contributed by atoms with Crippen molar-refractivity contribution < 1.29 is 4.79 Å².